The normalized spacial score (nSPS) is 15.3. The lowest BCUT2D eigenvalue weighted by Crippen LogP contribution is -2.33. The van der Waals surface area contributed by atoms with Gasteiger partial charge in [-0.25, -0.2) is 10.4 Å². The van der Waals surface area contributed by atoms with Crippen LogP contribution in [0, 0.1) is 11.3 Å². The highest BCUT2D eigenvalue weighted by molar-refractivity contribution is 7.94. The summed E-state index contributed by atoms with van der Waals surface area (Å²) in [5, 5.41) is 25.5. The number of nitrogens with one attached hydrogen (secondary N) is 1. The second-order valence-electron chi connectivity index (χ2n) is 7.49. The number of hydrazine groups is 1. The quantitative estimate of drug-likeness (QED) is 0.344. The average Bonchev–Trinajstić information content (AvgIpc) is 3.41. The topological polar surface area (TPSA) is 107 Å². The minimum absolute atomic E-state index is 0.00395. The first-order valence-electron chi connectivity index (χ1n) is 9.91. The van der Waals surface area contributed by atoms with Crippen molar-refractivity contribution in [1.82, 2.24) is 15.0 Å². The first-order chi connectivity index (χ1) is 15.0. The molecule has 1 atom stereocenters. The van der Waals surface area contributed by atoms with Gasteiger partial charge >= 0.3 is 0 Å². The van der Waals surface area contributed by atoms with Gasteiger partial charge in [0.1, 0.15) is 16.8 Å². The van der Waals surface area contributed by atoms with Gasteiger partial charge in [-0.05, 0) is 61.6 Å². The molecule has 0 bridgehead atoms. The van der Waals surface area contributed by atoms with E-state index >= 15 is 0 Å². The summed E-state index contributed by atoms with van der Waals surface area (Å²) in [5.74, 6) is 0.589. The van der Waals surface area contributed by atoms with Crippen molar-refractivity contribution in [2.45, 2.75) is 38.8 Å². The molecule has 1 aliphatic carbocycles. The minimum atomic E-state index is 0.00395. The molecule has 2 aromatic carbocycles. The predicted molar refractivity (Wildman–Crippen MR) is 123 cm³/mol. The van der Waals surface area contributed by atoms with E-state index in [2.05, 4.69) is 28.6 Å². The number of nitrogens with zero attached hydrogens (tertiary/aromatic N) is 3. The van der Waals surface area contributed by atoms with Crippen molar-refractivity contribution < 1.29 is 9.94 Å². The SMILES string of the molecule is CC(C)Oc1ccc(-c2ncc(-c3cccc4c3CCC4NN(O)SN)s2)cc1C#N. The third kappa shape index (κ3) is 4.60. The number of ether oxygens (including phenoxy) is 1. The molecule has 1 aliphatic rings. The van der Waals surface area contributed by atoms with Crippen molar-refractivity contribution in [2.75, 3.05) is 0 Å². The first-order valence-corrected chi connectivity index (χ1v) is 11.6. The number of benzene rings is 2. The van der Waals surface area contributed by atoms with Gasteiger partial charge in [0, 0.05) is 23.9 Å². The summed E-state index contributed by atoms with van der Waals surface area (Å²) >= 11 is 2.33. The molecule has 1 aromatic heterocycles. The average molecular weight is 454 g/mol. The zero-order valence-electron chi connectivity index (χ0n) is 17.2. The van der Waals surface area contributed by atoms with Crippen LogP contribution in [0.5, 0.6) is 5.75 Å². The van der Waals surface area contributed by atoms with Crippen LogP contribution >= 0.6 is 23.5 Å². The summed E-state index contributed by atoms with van der Waals surface area (Å²) in [6.45, 7) is 3.88. The first kappa shape index (κ1) is 21.8. The number of nitriles is 1. The molecule has 0 saturated heterocycles. The summed E-state index contributed by atoms with van der Waals surface area (Å²) in [6.07, 6.45) is 3.66. The molecular weight excluding hydrogens is 430 g/mol. The van der Waals surface area contributed by atoms with E-state index in [-0.39, 0.29) is 12.1 Å². The molecular formula is C22H23N5O2S2. The minimum Gasteiger partial charge on any atom is -0.490 e. The van der Waals surface area contributed by atoms with E-state index in [0.717, 1.165) is 56.1 Å². The Morgan fingerprint density at radius 1 is 1.39 bits per heavy atom. The van der Waals surface area contributed by atoms with E-state index < -0.39 is 0 Å². The van der Waals surface area contributed by atoms with Gasteiger partial charge in [-0.3, -0.25) is 10.3 Å². The van der Waals surface area contributed by atoms with Gasteiger partial charge in [-0.1, -0.05) is 22.8 Å². The standard InChI is InChI=1S/C22H23N5O2S2/c1-13(2)29-20-9-6-14(10-15(20)11-23)22-25-12-21(30-22)18-5-3-4-17-16(18)7-8-19(17)26-27(28)31-24/h3-6,9-10,12-13,19,26,28H,7-8,24H2,1-2H3. The highest BCUT2D eigenvalue weighted by Crippen LogP contribution is 2.41. The second-order valence-corrected chi connectivity index (χ2v) is 9.08. The van der Waals surface area contributed by atoms with E-state index in [1.165, 1.54) is 5.56 Å². The summed E-state index contributed by atoms with van der Waals surface area (Å²) in [5.41, 5.74) is 7.95. The molecule has 1 unspecified atom stereocenters. The van der Waals surface area contributed by atoms with Crippen molar-refractivity contribution in [3.63, 3.8) is 0 Å². The van der Waals surface area contributed by atoms with Crippen molar-refractivity contribution in [3.8, 4) is 32.8 Å². The number of rotatable bonds is 7. The summed E-state index contributed by atoms with van der Waals surface area (Å²) < 4.78 is 6.57. The number of thiazole rings is 1. The maximum Gasteiger partial charge on any atom is 0.137 e. The molecule has 7 nitrogen and oxygen atoms in total. The summed E-state index contributed by atoms with van der Waals surface area (Å²) in [7, 11) is 0. The second kappa shape index (κ2) is 9.36. The molecule has 4 N–H and O–H groups in total. The van der Waals surface area contributed by atoms with Crippen LogP contribution in [0.15, 0.2) is 42.6 Å². The largest absolute Gasteiger partial charge is 0.490 e. The van der Waals surface area contributed by atoms with Crippen LogP contribution in [-0.2, 0) is 6.42 Å². The molecule has 9 heteroatoms. The zero-order valence-corrected chi connectivity index (χ0v) is 18.8. The van der Waals surface area contributed by atoms with E-state index in [4.69, 9.17) is 9.88 Å². The number of fused-ring (bicyclic) bond motifs is 1. The molecule has 1 heterocycles. The predicted octanol–water partition coefficient (Wildman–Crippen LogP) is 4.84. The van der Waals surface area contributed by atoms with Gasteiger partial charge in [-0.15, -0.1) is 11.3 Å². The molecule has 4 rings (SSSR count). The van der Waals surface area contributed by atoms with E-state index in [1.54, 1.807) is 11.3 Å². The van der Waals surface area contributed by atoms with Crippen LogP contribution in [0.3, 0.4) is 0 Å². The highest BCUT2D eigenvalue weighted by Gasteiger charge is 2.26. The highest BCUT2D eigenvalue weighted by atomic mass is 32.2. The molecule has 160 valence electrons. The Balaban J connectivity index is 1.63. The van der Waals surface area contributed by atoms with Crippen molar-refractivity contribution in [2.24, 2.45) is 5.14 Å². The third-order valence-electron chi connectivity index (χ3n) is 5.12. The monoisotopic (exact) mass is 453 g/mol. The van der Waals surface area contributed by atoms with Gasteiger partial charge in [0.25, 0.3) is 0 Å². The maximum atomic E-state index is 9.69. The number of hydrogen-bond acceptors (Lipinski definition) is 9. The Bertz CT molecular complexity index is 1130. The Morgan fingerprint density at radius 3 is 2.97 bits per heavy atom. The lowest BCUT2D eigenvalue weighted by atomic mass is 10.0. The molecule has 3 aromatic rings. The van der Waals surface area contributed by atoms with Crippen LogP contribution in [0.2, 0.25) is 0 Å². The van der Waals surface area contributed by atoms with Crippen LogP contribution in [0.25, 0.3) is 21.0 Å². The number of hydrogen-bond donors (Lipinski definition) is 3. The molecule has 0 saturated carbocycles. The van der Waals surface area contributed by atoms with Crippen LogP contribution in [-0.4, -0.2) is 20.9 Å². The fourth-order valence-electron chi connectivity index (χ4n) is 3.82. The van der Waals surface area contributed by atoms with Crippen molar-refractivity contribution in [1.29, 1.82) is 5.26 Å². The van der Waals surface area contributed by atoms with Gasteiger partial charge in [0.05, 0.1) is 22.6 Å². The fourth-order valence-corrected chi connectivity index (χ4v) is 4.98. The Hall–Kier alpha value is -2.45. The molecule has 31 heavy (non-hydrogen) atoms. The van der Waals surface area contributed by atoms with Crippen LogP contribution < -0.4 is 15.3 Å². The van der Waals surface area contributed by atoms with Gasteiger partial charge in [0.2, 0.25) is 0 Å². The van der Waals surface area contributed by atoms with Crippen molar-refractivity contribution >= 4 is 23.5 Å². The third-order valence-corrected chi connectivity index (χ3v) is 6.50. The molecule has 0 spiro atoms. The van der Waals surface area contributed by atoms with Crippen LogP contribution in [0.1, 0.15) is 43.0 Å². The van der Waals surface area contributed by atoms with E-state index in [0.29, 0.717) is 11.3 Å². The molecule has 0 amide bonds. The summed E-state index contributed by atoms with van der Waals surface area (Å²) in [4.78, 5) is 5.69. The lowest BCUT2D eigenvalue weighted by molar-refractivity contribution is -0.0446. The lowest BCUT2D eigenvalue weighted by Gasteiger charge is -2.18. The molecule has 0 radical (unpaired) electrons. The Kier molecular flexibility index (Phi) is 6.57. The smallest absolute Gasteiger partial charge is 0.137 e. The van der Waals surface area contributed by atoms with Crippen molar-refractivity contribution in [3.05, 3.63) is 59.3 Å². The van der Waals surface area contributed by atoms with Crippen LogP contribution in [0.4, 0.5) is 0 Å². The van der Waals surface area contributed by atoms with Gasteiger partial charge < -0.3 is 4.74 Å². The number of nitrogens with two attached hydrogens (primary N) is 1. The zero-order chi connectivity index (χ0) is 22.0. The Labute approximate surface area is 189 Å². The van der Waals surface area contributed by atoms with E-state index in [1.807, 2.05) is 44.3 Å². The van der Waals surface area contributed by atoms with Gasteiger partial charge in [-0.2, -0.15) is 5.26 Å². The maximum absolute atomic E-state index is 9.69. The van der Waals surface area contributed by atoms with E-state index in [9.17, 15) is 10.5 Å². The van der Waals surface area contributed by atoms with Gasteiger partial charge in [0.15, 0.2) is 0 Å². The number of aromatic nitrogens is 1. The Morgan fingerprint density at radius 2 is 2.23 bits per heavy atom. The fraction of sp³-hybridized carbons (Fsp3) is 0.273. The summed E-state index contributed by atoms with van der Waals surface area (Å²) in [6, 6.07) is 14.0. The molecule has 0 aliphatic heterocycles. The molecule has 0 fully saturated rings.